The average molecular weight is 319 g/mol. The summed E-state index contributed by atoms with van der Waals surface area (Å²) < 4.78 is 32.2. The molecule has 118 valence electrons. The second kappa shape index (κ2) is 7.42. The van der Waals surface area contributed by atoms with Crippen LogP contribution in [0.25, 0.3) is 0 Å². The molecule has 0 saturated carbocycles. The fraction of sp³-hybridized carbons (Fsp3) is 0.294. The Morgan fingerprint density at radius 1 is 1.05 bits per heavy atom. The molecular formula is C17H21NO3S. The largest absolute Gasteiger partial charge is 0.492 e. The van der Waals surface area contributed by atoms with Crippen molar-refractivity contribution in [3.63, 3.8) is 0 Å². The molecule has 0 aromatic heterocycles. The molecule has 2 rings (SSSR count). The summed E-state index contributed by atoms with van der Waals surface area (Å²) in [5.41, 5.74) is 1.20. The van der Waals surface area contributed by atoms with E-state index in [-0.39, 0.29) is 18.0 Å². The third kappa shape index (κ3) is 4.58. The second-order valence-corrected chi connectivity index (χ2v) is 7.05. The molecule has 0 fully saturated rings. The van der Waals surface area contributed by atoms with E-state index >= 15 is 0 Å². The quantitative estimate of drug-likeness (QED) is 0.798. The molecule has 0 radical (unpaired) electrons. The van der Waals surface area contributed by atoms with E-state index in [1.54, 1.807) is 30.3 Å². The predicted octanol–water partition coefficient (Wildman–Crippen LogP) is 3.17. The number of benzene rings is 2. The Bertz CT molecular complexity index is 697. The van der Waals surface area contributed by atoms with Crippen LogP contribution in [0.5, 0.6) is 5.75 Å². The van der Waals surface area contributed by atoms with Gasteiger partial charge in [0.25, 0.3) is 0 Å². The summed E-state index contributed by atoms with van der Waals surface area (Å²) in [5, 5.41) is 0. The van der Waals surface area contributed by atoms with Crippen molar-refractivity contribution in [3.8, 4) is 5.75 Å². The van der Waals surface area contributed by atoms with Crippen molar-refractivity contribution in [1.29, 1.82) is 0 Å². The molecule has 0 aliphatic carbocycles. The standard InChI is InChI=1S/C17H21NO3S/c1-14(2)15-7-6-8-16(13-15)21-12-11-18-22(19,20)17-9-4-3-5-10-17/h3-10,13-14,18H,11-12H2,1-2H3. The fourth-order valence-corrected chi connectivity index (χ4v) is 3.03. The minimum atomic E-state index is -3.47. The predicted molar refractivity (Wildman–Crippen MR) is 87.7 cm³/mol. The summed E-state index contributed by atoms with van der Waals surface area (Å²) in [6.07, 6.45) is 0. The Kier molecular flexibility index (Phi) is 5.57. The third-order valence-electron chi connectivity index (χ3n) is 3.24. The van der Waals surface area contributed by atoms with Crippen LogP contribution in [-0.2, 0) is 10.0 Å². The lowest BCUT2D eigenvalue weighted by molar-refractivity contribution is 0.322. The highest BCUT2D eigenvalue weighted by molar-refractivity contribution is 7.89. The van der Waals surface area contributed by atoms with Crippen LogP contribution in [0.1, 0.15) is 25.3 Å². The number of hydrogen-bond donors (Lipinski definition) is 1. The van der Waals surface area contributed by atoms with Gasteiger partial charge < -0.3 is 4.74 Å². The maximum atomic E-state index is 12.0. The first-order chi connectivity index (χ1) is 10.5. The van der Waals surface area contributed by atoms with E-state index in [0.29, 0.717) is 5.92 Å². The van der Waals surface area contributed by atoms with E-state index in [1.165, 1.54) is 5.56 Å². The van der Waals surface area contributed by atoms with Gasteiger partial charge in [0.05, 0.1) is 4.90 Å². The van der Waals surface area contributed by atoms with Crippen LogP contribution in [-0.4, -0.2) is 21.6 Å². The smallest absolute Gasteiger partial charge is 0.240 e. The van der Waals surface area contributed by atoms with Crippen molar-refractivity contribution in [2.75, 3.05) is 13.2 Å². The topological polar surface area (TPSA) is 55.4 Å². The van der Waals surface area contributed by atoms with Gasteiger partial charge in [0, 0.05) is 6.54 Å². The molecular weight excluding hydrogens is 298 g/mol. The molecule has 0 unspecified atom stereocenters. The summed E-state index contributed by atoms with van der Waals surface area (Å²) in [6.45, 7) is 4.75. The highest BCUT2D eigenvalue weighted by atomic mass is 32.2. The molecule has 2 aromatic rings. The summed E-state index contributed by atoms with van der Waals surface area (Å²) in [7, 11) is -3.47. The third-order valence-corrected chi connectivity index (χ3v) is 4.72. The zero-order valence-electron chi connectivity index (χ0n) is 12.8. The minimum absolute atomic E-state index is 0.225. The van der Waals surface area contributed by atoms with Crippen molar-refractivity contribution in [1.82, 2.24) is 4.72 Å². The molecule has 22 heavy (non-hydrogen) atoms. The number of ether oxygens (including phenoxy) is 1. The van der Waals surface area contributed by atoms with E-state index in [1.807, 2.05) is 18.2 Å². The molecule has 5 heteroatoms. The lowest BCUT2D eigenvalue weighted by atomic mass is 10.0. The molecule has 4 nitrogen and oxygen atoms in total. The Morgan fingerprint density at radius 2 is 1.77 bits per heavy atom. The monoisotopic (exact) mass is 319 g/mol. The van der Waals surface area contributed by atoms with Crippen LogP contribution >= 0.6 is 0 Å². The summed E-state index contributed by atoms with van der Waals surface area (Å²) in [5.74, 6) is 1.19. The molecule has 0 bridgehead atoms. The van der Waals surface area contributed by atoms with Gasteiger partial charge >= 0.3 is 0 Å². The van der Waals surface area contributed by atoms with Gasteiger partial charge in [-0.1, -0.05) is 44.2 Å². The Morgan fingerprint density at radius 3 is 2.45 bits per heavy atom. The van der Waals surface area contributed by atoms with Crippen molar-refractivity contribution in [2.45, 2.75) is 24.7 Å². The van der Waals surface area contributed by atoms with Crippen LogP contribution in [0, 0.1) is 0 Å². The van der Waals surface area contributed by atoms with E-state index in [4.69, 9.17) is 4.74 Å². The van der Waals surface area contributed by atoms with E-state index < -0.39 is 10.0 Å². The van der Waals surface area contributed by atoms with E-state index in [9.17, 15) is 8.42 Å². The zero-order chi connectivity index (χ0) is 16.0. The number of sulfonamides is 1. The van der Waals surface area contributed by atoms with Gasteiger partial charge in [-0.2, -0.15) is 0 Å². The van der Waals surface area contributed by atoms with Crippen LogP contribution in [0.2, 0.25) is 0 Å². The molecule has 1 N–H and O–H groups in total. The molecule has 0 aliphatic rings. The van der Waals surface area contributed by atoms with Crippen LogP contribution in [0.3, 0.4) is 0 Å². The van der Waals surface area contributed by atoms with Crippen LogP contribution in [0.4, 0.5) is 0 Å². The lowest BCUT2D eigenvalue weighted by Gasteiger charge is -2.11. The SMILES string of the molecule is CC(C)c1cccc(OCCNS(=O)(=O)c2ccccc2)c1. The summed E-state index contributed by atoms with van der Waals surface area (Å²) in [4.78, 5) is 0.261. The normalized spacial score (nSPS) is 11.6. The molecule has 0 aliphatic heterocycles. The highest BCUT2D eigenvalue weighted by Crippen LogP contribution is 2.19. The van der Waals surface area contributed by atoms with Gasteiger partial charge in [-0.15, -0.1) is 0 Å². The van der Waals surface area contributed by atoms with Gasteiger partial charge in [-0.25, -0.2) is 13.1 Å². The minimum Gasteiger partial charge on any atom is -0.492 e. The number of hydrogen-bond acceptors (Lipinski definition) is 3. The van der Waals surface area contributed by atoms with Gasteiger partial charge in [0.15, 0.2) is 0 Å². The highest BCUT2D eigenvalue weighted by Gasteiger charge is 2.12. The van der Waals surface area contributed by atoms with Crippen molar-refractivity contribution < 1.29 is 13.2 Å². The Balaban J connectivity index is 1.86. The first kappa shape index (κ1) is 16.5. The van der Waals surface area contributed by atoms with Gasteiger partial charge in [-0.3, -0.25) is 0 Å². The lowest BCUT2D eigenvalue weighted by Crippen LogP contribution is -2.28. The van der Waals surface area contributed by atoms with Crippen molar-refractivity contribution >= 4 is 10.0 Å². The second-order valence-electron chi connectivity index (χ2n) is 5.29. The van der Waals surface area contributed by atoms with Crippen molar-refractivity contribution in [2.24, 2.45) is 0 Å². The molecule has 0 heterocycles. The maximum Gasteiger partial charge on any atom is 0.240 e. The first-order valence-corrected chi connectivity index (χ1v) is 8.75. The van der Waals surface area contributed by atoms with Crippen molar-refractivity contribution in [3.05, 3.63) is 60.2 Å². The van der Waals surface area contributed by atoms with E-state index in [2.05, 4.69) is 24.6 Å². The Hall–Kier alpha value is -1.85. The molecule has 0 amide bonds. The maximum absolute atomic E-state index is 12.0. The van der Waals surface area contributed by atoms with Crippen LogP contribution < -0.4 is 9.46 Å². The fourth-order valence-electron chi connectivity index (χ4n) is 1.99. The zero-order valence-corrected chi connectivity index (χ0v) is 13.6. The van der Waals surface area contributed by atoms with Gasteiger partial charge in [-0.05, 0) is 35.7 Å². The summed E-state index contributed by atoms with van der Waals surface area (Å²) in [6, 6.07) is 16.2. The van der Waals surface area contributed by atoms with Gasteiger partial charge in [0.2, 0.25) is 10.0 Å². The molecule has 0 spiro atoms. The van der Waals surface area contributed by atoms with Gasteiger partial charge in [0.1, 0.15) is 12.4 Å². The molecule has 0 atom stereocenters. The summed E-state index contributed by atoms with van der Waals surface area (Å²) >= 11 is 0. The number of rotatable bonds is 7. The first-order valence-electron chi connectivity index (χ1n) is 7.26. The average Bonchev–Trinajstić information content (AvgIpc) is 2.53. The molecule has 2 aromatic carbocycles. The van der Waals surface area contributed by atoms with Crippen LogP contribution in [0.15, 0.2) is 59.5 Å². The molecule has 0 saturated heterocycles. The Labute approximate surface area is 132 Å². The number of nitrogens with one attached hydrogen (secondary N) is 1. The van der Waals surface area contributed by atoms with E-state index in [0.717, 1.165) is 5.75 Å².